The van der Waals surface area contributed by atoms with Crippen LogP contribution in [0.5, 0.6) is 0 Å². The first-order chi connectivity index (χ1) is 19.4. The summed E-state index contributed by atoms with van der Waals surface area (Å²) in [6.07, 6.45) is 5.68. The molecule has 0 N–H and O–H groups in total. The van der Waals surface area contributed by atoms with Gasteiger partial charge in [-0.3, -0.25) is 19.6 Å². The molecule has 0 saturated heterocycles. The zero-order valence-electron chi connectivity index (χ0n) is 23.3. The number of esters is 2. The second kappa shape index (κ2) is 23.0. The van der Waals surface area contributed by atoms with E-state index in [2.05, 4.69) is 21.6 Å². The van der Waals surface area contributed by atoms with Gasteiger partial charge in [-0.05, 0) is 30.4 Å². The minimum absolute atomic E-state index is 0.00387. The van der Waals surface area contributed by atoms with E-state index in [0.717, 1.165) is 30.4 Å². The van der Waals surface area contributed by atoms with Gasteiger partial charge in [-0.25, -0.2) is 9.59 Å². The molecule has 1 rings (SSSR count). The minimum atomic E-state index is -0.787. The van der Waals surface area contributed by atoms with Crippen LogP contribution in [0.3, 0.4) is 0 Å². The number of benzene rings is 1. The molecule has 1 aromatic rings. The molecule has 0 unspecified atom stereocenters. The highest BCUT2D eigenvalue weighted by Crippen LogP contribution is 2.02. The molecule has 0 atom stereocenters. The van der Waals surface area contributed by atoms with Crippen molar-refractivity contribution in [1.29, 1.82) is 0 Å². The quantitative estimate of drug-likeness (QED) is 0.0971. The largest absolute Gasteiger partial charge is 0.508 e. The van der Waals surface area contributed by atoms with Gasteiger partial charge in [-0.15, -0.1) is 0 Å². The number of methoxy groups -OCH3 is 1. The molecule has 40 heavy (non-hydrogen) atoms. The Morgan fingerprint density at radius 2 is 1.05 bits per heavy atom. The number of hydrogen-bond acceptors (Lipinski definition) is 12. The van der Waals surface area contributed by atoms with Crippen molar-refractivity contribution < 1.29 is 47.6 Å². The van der Waals surface area contributed by atoms with Crippen LogP contribution in [0.1, 0.15) is 63.0 Å². The molecule has 0 amide bonds. The van der Waals surface area contributed by atoms with Gasteiger partial charge in [0.2, 0.25) is 0 Å². The molecule has 0 saturated carbocycles. The van der Waals surface area contributed by atoms with E-state index in [1.807, 2.05) is 24.3 Å². The molecule has 0 aliphatic rings. The monoisotopic (exact) mass is 564 g/mol. The van der Waals surface area contributed by atoms with Gasteiger partial charge in [0.1, 0.15) is 13.2 Å². The molecule has 12 nitrogen and oxygen atoms in total. The van der Waals surface area contributed by atoms with E-state index in [-0.39, 0.29) is 45.8 Å². The summed E-state index contributed by atoms with van der Waals surface area (Å²) >= 11 is 0. The van der Waals surface area contributed by atoms with E-state index in [1.165, 1.54) is 7.11 Å². The lowest BCUT2D eigenvalue weighted by Crippen LogP contribution is -2.13. The summed E-state index contributed by atoms with van der Waals surface area (Å²) in [6.45, 7) is 3.58. The Labute approximate surface area is 235 Å². The predicted molar refractivity (Wildman–Crippen MR) is 147 cm³/mol. The molecule has 0 bridgehead atoms. The Bertz CT molecular complexity index is 932. The van der Waals surface area contributed by atoms with Crippen LogP contribution in [0.25, 0.3) is 0 Å². The average Bonchev–Trinajstić information content (AvgIpc) is 2.96. The first-order valence-corrected chi connectivity index (χ1v) is 13.4. The molecule has 0 aromatic heterocycles. The molecule has 0 fully saturated rings. The Hall–Kier alpha value is -3.96. The van der Waals surface area contributed by atoms with Gasteiger partial charge in [0.25, 0.3) is 0 Å². The van der Waals surface area contributed by atoms with E-state index >= 15 is 0 Å². The molecular formula is C28H40N2O10. The Balaban J connectivity index is 2.03. The van der Waals surface area contributed by atoms with Crippen LogP contribution in [0.2, 0.25) is 0 Å². The number of carbonyl (C=O) groups is 4. The fourth-order valence-corrected chi connectivity index (χ4v) is 2.90. The Morgan fingerprint density at radius 1 is 0.625 bits per heavy atom. The van der Waals surface area contributed by atoms with Gasteiger partial charge in [-0.1, -0.05) is 44.0 Å². The lowest BCUT2D eigenvalue weighted by molar-refractivity contribution is -0.150. The number of carbonyl (C=O) groups excluding carboxylic acids is 4. The molecule has 222 valence electrons. The highest BCUT2D eigenvalue weighted by Gasteiger charge is 2.09. The highest BCUT2D eigenvalue weighted by molar-refractivity contribution is 5.84. The van der Waals surface area contributed by atoms with Crippen LogP contribution in [0.4, 0.5) is 9.59 Å². The maximum Gasteiger partial charge on any atom is 0.508 e. The van der Waals surface area contributed by atoms with Gasteiger partial charge >= 0.3 is 24.2 Å². The van der Waals surface area contributed by atoms with Crippen molar-refractivity contribution in [3.05, 3.63) is 35.4 Å². The van der Waals surface area contributed by atoms with Crippen LogP contribution in [0.15, 0.2) is 34.3 Å². The standard InChI is InChI=1S/C28H40N2O10/c1-3-4-5-16-36-25(31)12-13-26(32)37-17-6-7-18-38-28(34)40-20-15-30-22-24-10-8-23(9-11-24)21-29-14-19-39-27(33)35-2/h8-11,21-22H,3-7,12-20H2,1-2H3. The molecule has 0 aliphatic heterocycles. The van der Waals surface area contributed by atoms with Gasteiger partial charge < -0.3 is 28.4 Å². The number of aliphatic imine (C=N–C) groups is 2. The van der Waals surface area contributed by atoms with E-state index in [0.29, 0.717) is 26.0 Å². The second-order valence-corrected chi connectivity index (χ2v) is 8.34. The first kappa shape index (κ1) is 34.1. The topological polar surface area (TPSA) is 148 Å². The van der Waals surface area contributed by atoms with Crippen molar-refractivity contribution in [1.82, 2.24) is 0 Å². The van der Waals surface area contributed by atoms with Gasteiger partial charge in [-0.2, -0.15) is 0 Å². The summed E-state index contributed by atoms with van der Waals surface area (Å²) in [5, 5.41) is 0. The average molecular weight is 565 g/mol. The molecular weight excluding hydrogens is 524 g/mol. The Kier molecular flexibility index (Phi) is 19.6. The third-order valence-electron chi connectivity index (χ3n) is 5.03. The summed E-state index contributed by atoms with van der Waals surface area (Å²) in [4.78, 5) is 54.0. The minimum Gasteiger partial charge on any atom is -0.466 e. The zero-order valence-corrected chi connectivity index (χ0v) is 23.3. The van der Waals surface area contributed by atoms with Crippen molar-refractivity contribution in [2.45, 2.75) is 51.9 Å². The number of nitrogens with zero attached hydrogens (tertiary/aromatic N) is 2. The van der Waals surface area contributed by atoms with Crippen molar-refractivity contribution >= 4 is 36.7 Å². The number of unbranched alkanes of at least 4 members (excludes halogenated alkanes) is 3. The van der Waals surface area contributed by atoms with Gasteiger partial charge in [0.15, 0.2) is 0 Å². The van der Waals surface area contributed by atoms with E-state index in [9.17, 15) is 19.2 Å². The normalized spacial score (nSPS) is 10.8. The third-order valence-corrected chi connectivity index (χ3v) is 5.03. The summed E-state index contributed by atoms with van der Waals surface area (Å²) < 4.78 is 29.1. The zero-order chi connectivity index (χ0) is 29.3. The number of rotatable bonds is 20. The fraction of sp³-hybridized carbons (Fsp3) is 0.571. The Morgan fingerprint density at radius 3 is 1.52 bits per heavy atom. The maximum atomic E-state index is 11.7. The van der Waals surface area contributed by atoms with E-state index in [4.69, 9.17) is 23.7 Å². The van der Waals surface area contributed by atoms with E-state index in [1.54, 1.807) is 12.4 Å². The smallest absolute Gasteiger partial charge is 0.466 e. The van der Waals surface area contributed by atoms with E-state index < -0.39 is 24.2 Å². The van der Waals surface area contributed by atoms with Crippen LogP contribution >= 0.6 is 0 Å². The molecule has 0 radical (unpaired) electrons. The summed E-state index contributed by atoms with van der Waals surface area (Å²) in [6, 6.07) is 7.47. The summed E-state index contributed by atoms with van der Waals surface area (Å²) in [5.41, 5.74) is 1.76. The predicted octanol–water partition coefficient (Wildman–Crippen LogP) is 4.30. The lowest BCUT2D eigenvalue weighted by Gasteiger charge is -2.07. The van der Waals surface area contributed by atoms with Crippen molar-refractivity contribution in [2.24, 2.45) is 9.98 Å². The molecule has 1 aromatic carbocycles. The van der Waals surface area contributed by atoms with Crippen LogP contribution in [-0.2, 0) is 38.0 Å². The molecule has 0 spiro atoms. The van der Waals surface area contributed by atoms with Crippen molar-refractivity contribution in [2.75, 3.05) is 53.2 Å². The molecule has 0 aliphatic carbocycles. The van der Waals surface area contributed by atoms with Gasteiger partial charge in [0, 0.05) is 12.4 Å². The first-order valence-electron chi connectivity index (χ1n) is 13.4. The van der Waals surface area contributed by atoms with Crippen LogP contribution in [-0.4, -0.2) is 89.9 Å². The number of hydrogen-bond donors (Lipinski definition) is 0. The summed E-state index contributed by atoms with van der Waals surface area (Å²) in [5.74, 6) is -0.861. The van der Waals surface area contributed by atoms with Crippen molar-refractivity contribution in [3.8, 4) is 0 Å². The van der Waals surface area contributed by atoms with Gasteiger partial charge in [0.05, 0.1) is 52.9 Å². The van der Waals surface area contributed by atoms with Crippen molar-refractivity contribution in [3.63, 3.8) is 0 Å². The third kappa shape index (κ3) is 19.2. The van der Waals surface area contributed by atoms with Crippen LogP contribution in [0, 0.1) is 0 Å². The molecule has 12 heteroatoms. The lowest BCUT2D eigenvalue weighted by atomic mass is 10.1. The second-order valence-electron chi connectivity index (χ2n) is 8.34. The maximum absolute atomic E-state index is 11.7. The summed E-state index contributed by atoms with van der Waals surface area (Å²) in [7, 11) is 1.24. The number of ether oxygens (including phenoxy) is 6. The molecule has 0 heterocycles. The highest BCUT2D eigenvalue weighted by atomic mass is 16.7. The SMILES string of the molecule is CCCCCOC(=O)CCC(=O)OCCCCOC(=O)OCCN=Cc1ccc(C=NCCOC(=O)OC)cc1. The fourth-order valence-electron chi connectivity index (χ4n) is 2.90. The van der Waals surface area contributed by atoms with Crippen LogP contribution < -0.4 is 0 Å².